The second kappa shape index (κ2) is 5.26. The highest BCUT2D eigenvalue weighted by Crippen LogP contribution is 2.15. The van der Waals surface area contributed by atoms with Crippen molar-refractivity contribution in [2.45, 2.75) is 26.2 Å². The Labute approximate surface area is 78.7 Å². The van der Waals surface area contributed by atoms with Gasteiger partial charge in [0, 0.05) is 12.3 Å². The Balaban J connectivity index is 2.37. The molecule has 0 spiro atoms. The zero-order chi connectivity index (χ0) is 8.81. The van der Waals surface area contributed by atoms with Gasteiger partial charge in [-0.15, -0.1) is 11.6 Å². The summed E-state index contributed by atoms with van der Waals surface area (Å²) in [5.74, 6) is 2.35. The van der Waals surface area contributed by atoms with Gasteiger partial charge >= 0.3 is 0 Å². The van der Waals surface area contributed by atoms with Crippen molar-refractivity contribution in [3.8, 4) is 0 Å². The molecular formula is C10H15ClO. The number of alkyl halides is 1. The molecule has 1 unspecified atom stereocenters. The fraction of sp³-hybridized carbons (Fsp3) is 0.600. The molecule has 0 amide bonds. The first-order chi connectivity index (χ1) is 5.86. The lowest BCUT2D eigenvalue weighted by Gasteiger charge is -2.09. The van der Waals surface area contributed by atoms with E-state index in [1.54, 1.807) is 6.26 Å². The number of furan rings is 1. The Bertz CT molecular complexity index is 194. The van der Waals surface area contributed by atoms with Gasteiger partial charge in [-0.2, -0.15) is 0 Å². The lowest BCUT2D eigenvalue weighted by Crippen LogP contribution is -2.05. The molecule has 0 N–H and O–H groups in total. The van der Waals surface area contributed by atoms with Crippen molar-refractivity contribution < 1.29 is 4.42 Å². The fourth-order valence-corrected chi connectivity index (χ4v) is 1.62. The number of rotatable bonds is 5. The number of halogens is 1. The van der Waals surface area contributed by atoms with E-state index in [-0.39, 0.29) is 0 Å². The molecule has 0 saturated carbocycles. The van der Waals surface area contributed by atoms with Gasteiger partial charge in [0.1, 0.15) is 5.76 Å². The van der Waals surface area contributed by atoms with Gasteiger partial charge < -0.3 is 4.42 Å². The van der Waals surface area contributed by atoms with Crippen molar-refractivity contribution in [1.29, 1.82) is 0 Å². The third-order valence-electron chi connectivity index (χ3n) is 1.99. The van der Waals surface area contributed by atoms with Crippen molar-refractivity contribution in [3.05, 3.63) is 24.2 Å². The van der Waals surface area contributed by atoms with Gasteiger partial charge in [-0.05, 0) is 24.5 Å². The van der Waals surface area contributed by atoms with Gasteiger partial charge in [0.15, 0.2) is 0 Å². The van der Waals surface area contributed by atoms with Crippen LogP contribution in [0.3, 0.4) is 0 Å². The lowest BCUT2D eigenvalue weighted by atomic mass is 10.0. The van der Waals surface area contributed by atoms with Crippen LogP contribution in [0.2, 0.25) is 0 Å². The van der Waals surface area contributed by atoms with E-state index < -0.39 is 0 Å². The van der Waals surface area contributed by atoms with Crippen molar-refractivity contribution in [1.82, 2.24) is 0 Å². The summed E-state index contributed by atoms with van der Waals surface area (Å²) in [5, 5.41) is 0. The molecule has 1 heterocycles. The minimum absolute atomic E-state index is 0.572. The molecule has 1 rings (SSSR count). The summed E-state index contributed by atoms with van der Waals surface area (Å²) in [6, 6.07) is 3.93. The molecule has 2 heteroatoms. The molecule has 0 aliphatic carbocycles. The maximum atomic E-state index is 5.82. The number of hydrogen-bond acceptors (Lipinski definition) is 1. The minimum atomic E-state index is 0.572. The molecule has 0 aromatic carbocycles. The maximum absolute atomic E-state index is 5.82. The summed E-state index contributed by atoms with van der Waals surface area (Å²) >= 11 is 5.82. The first-order valence-corrected chi connectivity index (χ1v) is 4.98. The van der Waals surface area contributed by atoms with Crippen LogP contribution in [0.4, 0.5) is 0 Å². The second-order valence-corrected chi connectivity index (χ2v) is 3.40. The summed E-state index contributed by atoms with van der Waals surface area (Å²) in [6.45, 7) is 2.18. The van der Waals surface area contributed by atoms with Crippen molar-refractivity contribution in [2.75, 3.05) is 5.88 Å². The topological polar surface area (TPSA) is 13.1 Å². The predicted molar refractivity (Wildman–Crippen MR) is 51.5 cm³/mol. The highest BCUT2D eigenvalue weighted by atomic mass is 35.5. The van der Waals surface area contributed by atoms with E-state index in [2.05, 4.69) is 6.92 Å². The average molecular weight is 187 g/mol. The van der Waals surface area contributed by atoms with E-state index in [0.29, 0.717) is 5.92 Å². The molecule has 1 aromatic heterocycles. The van der Waals surface area contributed by atoms with E-state index >= 15 is 0 Å². The molecule has 0 aliphatic rings. The van der Waals surface area contributed by atoms with Crippen LogP contribution < -0.4 is 0 Å². The highest BCUT2D eigenvalue weighted by molar-refractivity contribution is 6.18. The molecular weight excluding hydrogens is 172 g/mol. The molecule has 0 fully saturated rings. The molecule has 0 saturated heterocycles. The zero-order valence-corrected chi connectivity index (χ0v) is 8.18. The van der Waals surface area contributed by atoms with Crippen LogP contribution in [0.5, 0.6) is 0 Å². The van der Waals surface area contributed by atoms with Crippen LogP contribution in [-0.2, 0) is 6.42 Å². The van der Waals surface area contributed by atoms with Crippen LogP contribution in [0.15, 0.2) is 22.8 Å². The van der Waals surface area contributed by atoms with Crippen LogP contribution in [0.25, 0.3) is 0 Å². The molecule has 68 valence electrons. The van der Waals surface area contributed by atoms with E-state index in [1.165, 1.54) is 12.8 Å². The Kier molecular flexibility index (Phi) is 4.23. The molecule has 1 aromatic rings. The predicted octanol–water partition coefficient (Wildman–Crippen LogP) is 3.48. The summed E-state index contributed by atoms with van der Waals surface area (Å²) in [5.41, 5.74) is 0. The van der Waals surface area contributed by atoms with Crippen molar-refractivity contribution in [3.63, 3.8) is 0 Å². The Morgan fingerprint density at radius 2 is 2.42 bits per heavy atom. The first kappa shape index (κ1) is 9.66. The Morgan fingerprint density at radius 3 is 2.92 bits per heavy atom. The Hall–Kier alpha value is -0.430. The van der Waals surface area contributed by atoms with Crippen LogP contribution in [-0.4, -0.2) is 5.88 Å². The van der Waals surface area contributed by atoms with Crippen molar-refractivity contribution in [2.24, 2.45) is 5.92 Å². The normalized spacial score (nSPS) is 13.2. The zero-order valence-electron chi connectivity index (χ0n) is 7.42. The summed E-state index contributed by atoms with van der Waals surface area (Å²) in [7, 11) is 0. The lowest BCUT2D eigenvalue weighted by molar-refractivity contribution is 0.441. The van der Waals surface area contributed by atoms with Gasteiger partial charge in [-0.1, -0.05) is 13.3 Å². The van der Waals surface area contributed by atoms with Gasteiger partial charge in [-0.25, -0.2) is 0 Å². The van der Waals surface area contributed by atoms with E-state index in [4.69, 9.17) is 16.0 Å². The van der Waals surface area contributed by atoms with E-state index in [1.807, 2.05) is 12.1 Å². The third-order valence-corrected chi connectivity index (χ3v) is 2.42. The first-order valence-electron chi connectivity index (χ1n) is 4.45. The smallest absolute Gasteiger partial charge is 0.104 e. The van der Waals surface area contributed by atoms with Gasteiger partial charge in [0.2, 0.25) is 0 Å². The fourth-order valence-electron chi connectivity index (χ4n) is 1.36. The van der Waals surface area contributed by atoms with Crippen LogP contribution in [0, 0.1) is 5.92 Å². The summed E-state index contributed by atoms with van der Waals surface area (Å²) in [6.07, 6.45) is 5.07. The standard InChI is InChI=1S/C10H15ClO/c1-2-4-9(8-11)7-10-5-3-6-12-10/h3,5-6,9H,2,4,7-8H2,1H3. The highest BCUT2D eigenvalue weighted by Gasteiger charge is 2.08. The van der Waals surface area contributed by atoms with Crippen molar-refractivity contribution >= 4 is 11.6 Å². The summed E-state index contributed by atoms with van der Waals surface area (Å²) < 4.78 is 5.25. The molecule has 0 radical (unpaired) electrons. The third kappa shape index (κ3) is 2.90. The Morgan fingerprint density at radius 1 is 1.58 bits per heavy atom. The van der Waals surface area contributed by atoms with Gasteiger partial charge in [0.05, 0.1) is 6.26 Å². The van der Waals surface area contributed by atoms with Crippen LogP contribution in [0.1, 0.15) is 25.5 Å². The maximum Gasteiger partial charge on any atom is 0.104 e. The SMILES string of the molecule is CCCC(CCl)Cc1ccco1. The monoisotopic (exact) mass is 186 g/mol. The second-order valence-electron chi connectivity index (χ2n) is 3.09. The molecule has 0 bridgehead atoms. The largest absolute Gasteiger partial charge is 0.469 e. The quantitative estimate of drug-likeness (QED) is 0.642. The van der Waals surface area contributed by atoms with E-state index in [0.717, 1.165) is 18.1 Å². The molecule has 12 heavy (non-hydrogen) atoms. The number of hydrogen-bond donors (Lipinski definition) is 0. The van der Waals surface area contributed by atoms with Crippen LogP contribution >= 0.6 is 11.6 Å². The molecule has 0 aliphatic heterocycles. The summed E-state index contributed by atoms with van der Waals surface area (Å²) in [4.78, 5) is 0. The molecule has 1 atom stereocenters. The average Bonchev–Trinajstić information content (AvgIpc) is 2.56. The molecule has 1 nitrogen and oxygen atoms in total. The van der Waals surface area contributed by atoms with E-state index in [9.17, 15) is 0 Å². The van der Waals surface area contributed by atoms with Gasteiger partial charge in [-0.3, -0.25) is 0 Å². The van der Waals surface area contributed by atoms with Gasteiger partial charge in [0.25, 0.3) is 0 Å². The minimum Gasteiger partial charge on any atom is -0.469 e.